The first-order valence-corrected chi connectivity index (χ1v) is 7.57. The maximum absolute atomic E-state index is 11.4. The number of hydrogen-bond donors (Lipinski definition) is 0. The van der Waals surface area contributed by atoms with E-state index in [0.29, 0.717) is 5.56 Å². The van der Waals surface area contributed by atoms with Crippen LogP contribution in [0.25, 0.3) is 0 Å². The van der Waals surface area contributed by atoms with Crippen LogP contribution >= 0.6 is 45.9 Å². The summed E-state index contributed by atoms with van der Waals surface area (Å²) in [6.07, 6.45) is -0.894. The Bertz CT molecular complexity index is 440. The maximum atomic E-state index is 11.4. The molecule has 2 atom stereocenters. The van der Waals surface area contributed by atoms with Gasteiger partial charge in [0.1, 0.15) is 0 Å². The summed E-state index contributed by atoms with van der Waals surface area (Å²) in [5, 5.41) is 5.48. The van der Waals surface area contributed by atoms with Crippen LogP contribution in [0.2, 0.25) is 0 Å². The predicted octanol–water partition coefficient (Wildman–Crippen LogP) is 5.14. The molecule has 7 heteroatoms. The summed E-state index contributed by atoms with van der Waals surface area (Å²) in [7, 11) is 0. The molecule has 0 aliphatic rings. The van der Waals surface area contributed by atoms with Gasteiger partial charge in [0, 0.05) is 5.56 Å². The van der Waals surface area contributed by atoms with Crippen molar-refractivity contribution in [2.45, 2.75) is 11.1 Å². The van der Waals surface area contributed by atoms with Crippen molar-refractivity contribution in [1.29, 1.82) is 0 Å². The molecule has 0 fully saturated rings. The molecule has 0 saturated carbocycles. The van der Waals surface area contributed by atoms with Gasteiger partial charge in [-0.15, -0.1) is 11.3 Å². The SMILES string of the molecule is O=C(OC(Cl)c1ccsc1)OC(Cl)c1cccs1. The lowest BCUT2D eigenvalue weighted by Crippen LogP contribution is -2.10. The number of ether oxygens (including phenoxy) is 2. The highest BCUT2D eigenvalue weighted by Crippen LogP contribution is 2.29. The van der Waals surface area contributed by atoms with Crippen LogP contribution in [-0.4, -0.2) is 6.16 Å². The van der Waals surface area contributed by atoms with Crippen LogP contribution in [-0.2, 0) is 9.47 Å². The molecule has 0 aliphatic carbocycles. The molecule has 2 unspecified atom stereocenters. The minimum absolute atomic E-state index is 0.709. The highest BCUT2D eigenvalue weighted by Gasteiger charge is 2.19. The molecule has 0 amide bonds. The van der Waals surface area contributed by atoms with Crippen molar-refractivity contribution in [3.8, 4) is 0 Å². The molecular formula is C11H8Cl2O3S2. The molecular weight excluding hydrogens is 315 g/mol. The van der Waals surface area contributed by atoms with E-state index >= 15 is 0 Å². The Labute approximate surface area is 122 Å². The van der Waals surface area contributed by atoms with Crippen molar-refractivity contribution in [1.82, 2.24) is 0 Å². The summed E-state index contributed by atoms with van der Waals surface area (Å²) in [4.78, 5) is 12.2. The zero-order valence-corrected chi connectivity index (χ0v) is 12.1. The molecule has 2 rings (SSSR count). The highest BCUT2D eigenvalue weighted by atomic mass is 35.5. The van der Waals surface area contributed by atoms with Crippen molar-refractivity contribution in [3.63, 3.8) is 0 Å². The van der Waals surface area contributed by atoms with Crippen LogP contribution in [0.1, 0.15) is 21.6 Å². The zero-order valence-electron chi connectivity index (χ0n) is 8.92. The third-order valence-corrected chi connectivity index (χ3v) is 4.38. The number of carbonyl (C=O) groups is 1. The van der Waals surface area contributed by atoms with Gasteiger partial charge in [-0.25, -0.2) is 4.79 Å². The van der Waals surface area contributed by atoms with Gasteiger partial charge in [0.05, 0.1) is 4.88 Å². The van der Waals surface area contributed by atoms with E-state index in [1.807, 2.05) is 16.8 Å². The number of carbonyl (C=O) groups excluding carboxylic acids is 1. The van der Waals surface area contributed by atoms with Gasteiger partial charge in [-0.05, 0) is 28.3 Å². The molecule has 18 heavy (non-hydrogen) atoms. The van der Waals surface area contributed by atoms with E-state index in [1.165, 1.54) is 22.7 Å². The molecule has 0 bridgehead atoms. The average Bonchev–Trinajstić information content (AvgIpc) is 3.02. The summed E-state index contributed by atoms with van der Waals surface area (Å²) in [6.45, 7) is 0. The molecule has 0 saturated heterocycles. The molecule has 0 spiro atoms. The molecule has 2 aromatic rings. The average molecular weight is 323 g/mol. The standard InChI is InChI=1S/C11H8Cl2O3S2/c12-9(7-3-5-17-6-7)15-11(14)16-10(13)8-2-1-4-18-8/h1-6,9-10H. The molecule has 0 N–H and O–H groups in total. The van der Waals surface area contributed by atoms with E-state index in [0.717, 1.165) is 4.88 Å². The number of alkyl halides is 2. The quantitative estimate of drug-likeness (QED) is 0.577. The number of halogens is 2. The van der Waals surface area contributed by atoms with Crippen LogP contribution < -0.4 is 0 Å². The van der Waals surface area contributed by atoms with Crippen LogP contribution in [0, 0.1) is 0 Å². The van der Waals surface area contributed by atoms with Gasteiger partial charge < -0.3 is 9.47 Å². The van der Waals surface area contributed by atoms with Gasteiger partial charge in [0.25, 0.3) is 0 Å². The fourth-order valence-electron chi connectivity index (χ4n) is 1.15. The Morgan fingerprint density at radius 3 is 2.56 bits per heavy atom. The summed E-state index contributed by atoms with van der Waals surface area (Å²) in [5.41, 5.74) is -1.01. The lowest BCUT2D eigenvalue weighted by atomic mass is 10.4. The fraction of sp³-hybridized carbons (Fsp3) is 0.182. The first-order chi connectivity index (χ1) is 8.66. The minimum atomic E-state index is -0.894. The number of thiophene rings is 2. The molecule has 2 heterocycles. The second-order valence-electron chi connectivity index (χ2n) is 3.19. The predicted molar refractivity (Wildman–Crippen MR) is 73.4 cm³/mol. The van der Waals surface area contributed by atoms with Crippen molar-refractivity contribution in [3.05, 3.63) is 44.8 Å². The fourth-order valence-corrected chi connectivity index (χ4v) is 3.03. The van der Waals surface area contributed by atoms with Crippen molar-refractivity contribution in [2.75, 3.05) is 0 Å². The number of rotatable bonds is 4. The van der Waals surface area contributed by atoms with Gasteiger partial charge >= 0.3 is 6.16 Å². The molecule has 0 radical (unpaired) electrons. The minimum Gasteiger partial charge on any atom is -0.410 e. The number of hydrogen-bond acceptors (Lipinski definition) is 5. The van der Waals surface area contributed by atoms with Gasteiger partial charge in [0.15, 0.2) is 0 Å². The van der Waals surface area contributed by atoms with E-state index in [9.17, 15) is 4.79 Å². The first-order valence-electron chi connectivity index (χ1n) is 4.87. The molecule has 0 aromatic carbocycles. The third kappa shape index (κ3) is 3.62. The van der Waals surface area contributed by atoms with E-state index in [4.69, 9.17) is 32.7 Å². The van der Waals surface area contributed by atoms with Crippen LogP contribution in [0.4, 0.5) is 4.79 Å². The second kappa shape index (κ2) is 6.43. The molecule has 96 valence electrons. The van der Waals surface area contributed by atoms with Crippen molar-refractivity contribution < 1.29 is 14.3 Å². The van der Waals surface area contributed by atoms with Crippen molar-refractivity contribution >= 4 is 52.0 Å². The zero-order chi connectivity index (χ0) is 13.0. The lowest BCUT2D eigenvalue weighted by Gasteiger charge is -2.12. The van der Waals surface area contributed by atoms with Crippen LogP contribution in [0.5, 0.6) is 0 Å². The van der Waals surface area contributed by atoms with Crippen LogP contribution in [0.3, 0.4) is 0 Å². The maximum Gasteiger partial charge on any atom is 0.511 e. The Kier molecular flexibility index (Phi) is 4.88. The largest absolute Gasteiger partial charge is 0.511 e. The molecule has 0 aliphatic heterocycles. The monoisotopic (exact) mass is 322 g/mol. The summed E-state index contributed by atoms with van der Waals surface area (Å²) in [6, 6.07) is 5.36. The topological polar surface area (TPSA) is 35.5 Å². The lowest BCUT2D eigenvalue weighted by molar-refractivity contribution is 0.0369. The van der Waals surface area contributed by atoms with Crippen LogP contribution in [0.15, 0.2) is 34.3 Å². The van der Waals surface area contributed by atoms with Gasteiger partial charge in [0.2, 0.25) is 11.1 Å². The van der Waals surface area contributed by atoms with Gasteiger partial charge in [-0.2, -0.15) is 11.3 Å². The Morgan fingerprint density at radius 2 is 1.94 bits per heavy atom. The van der Waals surface area contributed by atoms with E-state index in [-0.39, 0.29) is 0 Å². The Hall–Kier alpha value is -0.750. The summed E-state index contributed by atoms with van der Waals surface area (Å²) >= 11 is 14.7. The molecule has 3 nitrogen and oxygen atoms in total. The Balaban J connectivity index is 1.85. The van der Waals surface area contributed by atoms with E-state index in [1.54, 1.807) is 17.5 Å². The van der Waals surface area contributed by atoms with E-state index in [2.05, 4.69) is 0 Å². The second-order valence-corrected chi connectivity index (χ2v) is 5.74. The summed E-state index contributed by atoms with van der Waals surface area (Å²) < 4.78 is 9.79. The van der Waals surface area contributed by atoms with Gasteiger partial charge in [-0.3, -0.25) is 0 Å². The molecule has 2 aromatic heterocycles. The van der Waals surface area contributed by atoms with E-state index < -0.39 is 17.3 Å². The first kappa shape index (κ1) is 13.7. The summed E-state index contributed by atoms with van der Waals surface area (Å²) in [5.74, 6) is 0. The van der Waals surface area contributed by atoms with Crippen molar-refractivity contribution in [2.24, 2.45) is 0 Å². The normalized spacial score (nSPS) is 13.9. The third-order valence-electron chi connectivity index (χ3n) is 1.97. The Morgan fingerprint density at radius 1 is 1.17 bits per heavy atom. The van der Waals surface area contributed by atoms with Gasteiger partial charge in [-0.1, -0.05) is 29.3 Å². The smallest absolute Gasteiger partial charge is 0.410 e. The highest BCUT2D eigenvalue weighted by molar-refractivity contribution is 7.10.